The van der Waals surface area contributed by atoms with Crippen molar-refractivity contribution in [3.63, 3.8) is 0 Å². The minimum Gasteiger partial charge on any atom is -0.319 e. The van der Waals surface area contributed by atoms with E-state index in [0.717, 1.165) is 12.1 Å². The molecule has 0 amide bonds. The van der Waals surface area contributed by atoms with Crippen LogP contribution < -0.4 is 5.32 Å². The number of hydrogen-bond acceptors (Lipinski definition) is 2. The molecule has 0 spiro atoms. The average Bonchev–Trinajstić information content (AvgIpc) is 2.13. The zero-order valence-electron chi connectivity index (χ0n) is 6.44. The highest BCUT2D eigenvalue weighted by Crippen LogP contribution is 2.14. The molecule has 0 atom stereocenters. The van der Waals surface area contributed by atoms with E-state index in [1.54, 1.807) is 6.19 Å². The van der Waals surface area contributed by atoms with Crippen LogP contribution in [0, 0.1) is 28.9 Å². The highest BCUT2D eigenvalue weighted by atomic mass is 19.2. The minimum absolute atomic E-state index is 0.0829. The summed E-state index contributed by atoms with van der Waals surface area (Å²) in [6, 6.07) is 1.89. The van der Waals surface area contributed by atoms with Gasteiger partial charge in [-0.3, -0.25) is 0 Å². The highest BCUT2D eigenvalue weighted by molar-refractivity contribution is 5.20. The maximum atomic E-state index is 12.8. The first-order chi connectivity index (χ1) is 6.16. The number of nitrogens with zero attached hydrogens (tertiary/aromatic N) is 1. The van der Waals surface area contributed by atoms with Crippen LogP contribution in [0.4, 0.5) is 13.2 Å². The Hall–Kier alpha value is -1.70. The van der Waals surface area contributed by atoms with Crippen LogP contribution in [0.3, 0.4) is 0 Å². The highest BCUT2D eigenvalue weighted by Gasteiger charge is 2.12. The molecule has 0 radical (unpaired) electrons. The fourth-order valence-electron chi connectivity index (χ4n) is 0.837. The summed E-state index contributed by atoms with van der Waals surface area (Å²) in [4.78, 5) is 0. The van der Waals surface area contributed by atoms with E-state index in [0.29, 0.717) is 0 Å². The van der Waals surface area contributed by atoms with Gasteiger partial charge in [0.05, 0.1) is 6.54 Å². The number of rotatable bonds is 2. The van der Waals surface area contributed by atoms with E-state index < -0.39 is 17.5 Å². The Balaban J connectivity index is 2.98. The molecule has 1 N–H and O–H groups in total. The molecule has 2 nitrogen and oxygen atoms in total. The Morgan fingerprint density at radius 3 is 2.54 bits per heavy atom. The van der Waals surface area contributed by atoms with Crippen molar-refractivity contribution < 1.29 is 13.2 Å². The number of halogens is 3. The summed E-state index contributed by atoms with van der Waals surface area (Å²) in [5, 5.41) is 10.2. The average molecular weight is 186 g/mol. The molecule has 0 bridgehead atoms. The molecule has 5 heteroatoms. The van der Waals surface area contributed by atoms with Gasteiger partial charge in [-0.25, -0.2) is 13.2 Å². The Labute approximate surface area is 72.6 Å². The predicted molar refractivity (Wildman–Crippen MR) is 38.8 cm³/mol. The van der Waals surface area contributed by atoms with Crippen molar-refractivity contribution in [2.75, 3.05) is 0 Å². The maximum Gasteiger partial charge on any atom is 0.194 e. The predicted octanol–water partition coefficient (Wildman–Crippen LogP) is 1.67. The lowest BCUT2D eigenvalue weighted by Crippen LogP contribution is -2.08. The lowest BCUT2D eigenvalue weighted by molar-refractivity contribution is 0.440. The molecule has 68 valence electrons. The van der Waals surface area contributed by atoms with Crippen LogP contribution in [0.2, 0.25) is 0 Å². The summed E-state index contributed by atoms with van der Waals surface area (Å²) in [7, 11) is 0. The van der Waals surface area contributed by atoms with Gasteiger partial charge < -0.3 is 5.32 Å². The SMILES string of the molecule is N#CNCc1ccc(F)c(F)c1F. The van der Waals surface area contributed by atoms with Crippen molar-refractivity contribution in [1.82, 2.24) is 5.32 Å². The Morgan fingerprint density at radius 1 is 1.23 bits per heavy atom. The fraction of sp³-hybridized carbons (Fsp3) is 0.125. The first-order valence-corrected chi connectivity index (χ1v) is 3.41. The van der Waals surface area contributed by atoms with E-state index in [4.69, 9.17) is 5.26 Å². The van der Waals surface area contributed by atoms with Gasteiger partial charge in [-0.05, 0) is 6.07 Å². The van der Waals surface area contributed by atoms with Crippen LogP contribution in [-0.4, -0.2) is 0 Å². The zero-order chi connectivity index (χ0) is 9.84. The molecule has 0 heterocycles. The number of nitrogens with one attached hydrogen (secondary N) is 1. The van der Waals surface area contributed by atoms with E-state index in [1.807, 2.05) is 0 Å². The standard InChI is InChI=1S/C8H5F3N2/c9-6-2-1-5(3-13-4-12)7(10)8(6)11/h1-2,13H,3H2. The molecule has 1 rings (SSSR count). The Bertz CT molecular complexity index is 357. The lowest BCUT2D eigenvalue weighted by Gasteiger charge is -2.02. The van der Waals surface area contributed by atoms with Crippen molar-refractivity contribution >= 4 is 0 Å². The minimum atomic E-state index is -1.52. The molecule has 0 aromatic heterocycles. The van der Waals surface area contributed by atoms with Gasteiger partial charge in [0.2, 0.25) is 0 Å². The quantitative estimate of drug-likeness (QED) is 0.433. The molecule has 0 saturated carbocycles. The summed E-state index contributed by atoms with van der Waals surface area (Å²) in [6.45, 7) is -0.153. The first kappa shape index (κ1) is 9.39. The Morgan fingerprint density at radius 2 is 1.92 bits per heavy atom. The van der Waals surface area contributed by atoms with Crippen LogP contribution in [0.5, 0.6) is 0 Å². The van der Waals surface area contributed by atoms with Gasteiger partial charge in [-0.2, -0.15) is 5.26 Å². The molecular formula is C8H5F3N2. The summed E-state index contributed by atoms with van der Waals surface area (Å²) in [5.41, 5.74) is -0.0829. The third-order valence-electron chi connectivity index (χ3n) is 1.47. The van der Waals surface area contributed by atoms with E-state index in [1.165, 1.54) is 0 Å². The molecule has 0 aliphatic heterocycles. The van der Waals surface area contributed by atoms with Gasteiger partial charge in [0.1, 0.15) is 0 Å². The summed E-state index contributed by atoms with van der Waals surface area (Å²) >= 11 is 0. The molecule has 0 saturated heterocycles. The topological polar surface area (TPSA) is 35.8 Å². The number of benzene rings is 1. The lowest BCUT2D eigenvalue weighted by atomic mass is 10.2. The van der Waals surface area contributed by atoms with Gasteiger partial charge in [-0.1, -0.05) is 6.07 Å². The molecule has 0 fully saturated rings. The fourth-order valence-corrected chi connectivity index (χ4v) is 0.837. The van der Waals surface area contributed by atoms with E-state index in [2.05, 4.69) is 5.32 Å². The van der Waals surface area contributed by atoms with Crippen molar-refractivity contribution in [3.8, 4) is 6.19 Å². The van der Waals surface area contributed by atoms with Gasteiger partial charge in [0.25, 0.3) is 0 Å². The second kappa shape index (κ2) is 3.81. The first-order valence-electron chi connectivity index (χ1n) is 3.41. The van der Waals surface area contributed by atoms with Gasteiger partial charge in [-0.15, -0.1) is 0 Å². The molecule has 0 aliphatic carbocycles. The Kier molecular flexibility index (Phi) is 2.75. The molecule has 13 heavy (non-hydrogen) atoms. The molecule has 1 aromatic rings. The van der Waals surface area contributed by atoms with E-state index in [-0.39, 0.29) is 12.1 Å². The number of hydrogen-bond donors (Lipinski definition) is 1. The monoisotopic (exact) mass is 186 g/mol. The molecule has 1 aromatic carbocycles. The molecule has 0 unspecified atom stereocenters. The summed E-state index contributed by atoms with van der Waals surface area (Å²) in [5.74, 6) is -4.02. The van der Waals surface area contributed by atoms with Crippen LogP contribution >= 0.6 is 0 Å². The van der Waals surface area contributed by atoms with Crippen LogP contribution in [0.15, 0.2) is 12.1 Å². The smallest absolute Gasteiger partial charge is 0.194 e. The summed E-state index contributed by atoms with van der Waals surface area (Å²) in [6.07, 6.45) is 1.54. The second-order valence-electron chi connectivity index (χ2n) is 2.30. The van der Waals surface area contributed by atoms with Crippen molar-refractivity contribution in [3.05, 3.63) is 35.1 Å². The van der Waals surface area contributed by atoms with Crippen molar-refractivity contribution in [1.29, 1.82) is 5.26 Å². The van der Waals surface area contributed by atoms with E-state index >= 15 is 0 Å². The number of nitriles is 1. The summed E-state index contributed by atoms with van der Waals surface area (Å²) < 4.78 is 37.8. The zero-order valence-corrected chi connectivity index (χ0v) is 6.44. The van der Waals surface area contributed by atoms with Gasteiger partial charge in [0, 0.05) is 5.56 Å². The van der Waals surface area contributed by atoms with Gasteiger partial charge in [0.15, 0.2) is 23.6 Å². The maximum absolute atomic E-state index is 12.8. The van der Waals surface area contributed by atoms with Crippen molar-refractivity contribution in [2.45, 2.75) is 6.54 Å². The van der Waals surface area contributed by atoms with Crippen LogP contribution in [0.1, 0.15) is 5.56 Å². The second-order valence-corrected chi connectivity index (χ2v) is 2.30. The third kappa shape index (κ3) is 1.90. The third-order valence-corrected chi connectivity index (χ3v) is 1.47. The molecule has 0 aliphatic rings. The van der Waals surface area contributed by atoms with E-state index in [9.17, 15) is 13.2 Å². The van der Waals surface area contributed by atoms with Crippen LogP contribution in [-0.2, 0) is 6.54 Å². The van der Waals surface area contributed by atoms with Crippen LogP contribution in [0.25, 0.3) is 0 Å². The largest absolute Gasteiger partial charge is 0.319 e. The van der Waals surface area contributed by atoms with Crippen molar-refractivity contribution in [2.24, 2.45) is 0 Å². The normalized spacial score (nSPS) is 9.38. The molecular weight excluding hydrogens is 181 g/mol. The van der Waals surface area contributed by atoms with Gasteiger partial charge >= 0.3 is 0 Å².